The Hall–Kier alpha value is -1.99. The van der Waals surface area contributed by atoms with E-state index >= 15 is 0 Å². The minimum atomic E-state index is -3.31. The standard InChI is InChI=1S/C19H27BN5O6PS/c1-11-8-29-32(20,26)30-9-14(28-3)18(31-11)25-17-15(16(21)22-10-23-17)24-19(25)33-13-6-4-12(27-2)5-7-13/h4-7,10-11,14,18,26,32H,8-9,20H2,1-3H3,(H2,21,22,23)/t11-,14-,18+/m0/s1. The van der Waals surface area contributed by atoms with Crippen LogP contribution in [-0.2, 0) is 18.5 Å². The van der Waals surface area contributed by atoms with Crippen LogP contribution in [0.1, 0.15) is 13.2 Å². The normalized spacial score (nSPS) is 24.5. The molecule has 0 bridgehead atoms. The third-order valence-electron chi connectivity index (χ3n) is 5.09. The number of nitrogens with two attached hydrogens (primary N) is 1. The second-order valence-corrected chi connectivity index (χ2v) is 11.0. The number of nitrogen functional groups attached to an aromatic ring is 1. The number of hydrogen-bond donors (Lipinski definition) is 2. The summed E-state index contributed by atoms with van der Waals surface area (Å²) in [5.74, 6) is 1.01. The predicted octanol–water partition coefficient (Wildman–Crippen LogP) is 1.57. The van der Waals surface area contributed by atoms with Gasteiger partial charge in [0.1, 0.15) is 0 Å². The molecule has 11 nitrogen and oxygen atoms in total. The zero-order chi connectivity index (χ0) is 23.6. The molecule has 178 valence electrons. The molecule has 0 radical (unpaired) electrons. The van der Waals surface area contributed by atoms with E-state index < -0.39 is 20.2 Å². The van der Waals surface area contributed by atoms with Crippen LogP contribution in [0, 0.1) is 0 Å². The van der Waals surface area contributed by atoms with Crippen molar-refractivity contribution in [1.29, 1.82) is 0 Å². The van der Waals surface area contributed by atoms with Crippen LogP contribution in [0.3, 0.4) is 0 Å². The van der Waals surface area contributed by atoms with Crippen molar-refractivity contribution in [2.45, 2.75) is 35.4 Å². The number of ether oxygens (including phenoxy) is 3. The first-order valence-electron chi connectivity index (χ1n) is 10.3. The van der Waals surface area contributed by atoms with Gasteiger partial charge in [0.05, 0.1) is 7.11 Å². The third-order valence-corrected chi connectivity index (χ3v) is 7.47. The number of imidazole rings is 1. The maximum atomic E-state index is 10.5. The molecule has 1 aliphatic heterocycles. The van der Waals surface area contributed by atoms with Crippen LogP contribution in [0.2, 0.25) is 0 Å². The molecule has 0 saturated carbocycles. The van der Waals surface area contributed by atoms with Gasteiger partial charge in [0, 0.05) is 0 Å². The Morgan fingerprint density at radius 3 is 2.64 bits per heavy atom. The van der Waals surface area contributed by atoms with Crippen LogP contribution in [0.4, 0.5) is 5.82 Å². The number of benzene rings is 1. The molecule has 2 aromatic heterocycles. The number of anilines is 1. The molecule has 0 unspecified atom stereocenters. The van der Waals surface area contributed by atoms with E-state index in [-0.39, 0.29) is 25.1 Å². The van der Waals surface area contributed by atoms with Gasteiger partial charge in [-0.25, -0.2) is 0 Å². The summed E-state index contributed by atoms with van der Waals surface area (Å²) in [6.45, 7) is 2.07. The summed E-state index contributed by atoms with van der Waals surface area (Å²) in [7, 11) is 1.43. The van der Waals surface area contributed by atoms with Crippen molar-refractivity contribution in [1.82, 2.24) is 19.5 Å². The number of nitrogens with zero attached hydrogens (tertiary/aromatic N) is 4. The van der Waals surface area contributed by atoms with E-state index in [1.807, 2.05) is 35.8 Å². The van der Waals surface area contributed by atoms with Gasteiger partial charge >= 0.3 is 190 Å². The van der Waals surface area contributed by atoms with E-state index in [1.165, 1.54) is 18.1 Å². The Morgan fingerprint density at radius 2 is 1.94 bits per heavy atom. The van der Waals surface area contributed by atoms with E-state index in [0.717, 1.165) is 10.6 Å². The predicted molar refractivity (Wildman–Crippen MR) is 128 cm³/mol. The molecule has 1 fully saturated rings. The van der Waals surface area contributed by atoms with E-state index in [1.54, 1.807) is 21.8 Å². The average molecular weight is 495 g/mol. The second-order valence-electron chi connectivity index (χ2n) is 7.60. The summed E-state index contributed by atoms with van der Waals surface area (Å²) in [5.41, 5.74) is 7.07. The summed E-state index contributed by atoms with van der Waals surface area (Å²) < 4.78 is 30.4. The first-order chi connectivity index (χ1) is 15.8. The van der Waals surface area contributed by atoms with Crippen molar-refractivity contribution in [2.24, 2.45) is 0 Å². The Balaban J connectivity index is 1.80. The zero-order valence-corrected chi connectivity index (χ0v) is 20.6. The minimum absolute atomic E-state index is 0.0555. The molecule has 14 heteroatoms. The molecule has 1 saturated heterocycles. The Labute approximate surface area is 196 Å². The number of aromatic nitrogens is 4. The van der Waals surface area contributed by atoms with E-state index in [4.69, 9.17) is 34.0 Å². The fraction of sp³-hybridized carbons (Fsp3) is 0.421. The molecule has 0 aliphatic carbocycles. The summed E-state index contributed by atoms with van der Waals surface area (Å²) in [4.78, 5) is 24.6. The second kappa shape index (κ2) is 10.1. The van der Waals surface area contributed by atoms with Gasteiger partial charge in [-0.05, 0) is 0 Å². The van der Waals surface area contributed by atoms with Crippen LogP contribution in [0.15, 0.2) is 40.6 Å². The molecule has 3 heterocycles. The molecule has 4 rings (SSSR count). The molecule has 0 spiro atoms. The number of methoxy groups -OCH3 is 2. The first kappa shape index (κ1) is 24.1. The van der Waals surface area contributed by atoms with Gasteiger partial charge in [0.25, 0.3) is 0 Å². The van der Waals surface area contributed by atoms with Gasteiger partial charge < -0.3 is 0 Å². The van der Waals surface area contributed by atoms with Gasteiger partial charge in [0.15, 0.2) is 0 Å². The van der Waals surface area contributed by atoms with Crippen LogP contribution in [-0.4, -0.2) is 71.6 Å². The molecule has 0 amide bonds. The van der Waals surface area contributed by atoms with Crippen molar-refractivity contribution in [2.75, 3.05) is 33.2 Å². The van der Waals surface area contributed by atoms with Crippen molar-refractivity contribution >= 4 is 44.1 Å². The fourth-order valence-corrected chi connectivity index (χ4v) is 5.38. The first-order valence-corrected chi connectivity index (χ1v) is 13.4. The number of rotatable bonds is 5. The fourth-order valence-electron chi connectivity index (χ4n) is 3.37. The molecular weight excluding hydrogens is 468 g/mol. The maximum absolute atomic E-state index is 10.5. The van der Waals surface area contributed by atoms with E-state index in [0.29, 0.717) is 16.3 Å². The Bertz CT molecular complexity index is 1100. The van der Waals surface area contributed by atoms with Crippen molar-refractivity contribution in [3.05, 3.63) is 30.6 Å². The Morgan fingerprint density at radius 1 is 1.21 bits per heavy atom. The van der Waals surface area contributed by atoms with Crippen molar-refractivity contribution < 1.29 is 28.2 Å². The number of hydrogen-bond acceptors (Lipinski definition) is 11. The average Bonchev–Trinajstić information content (AvgIpc) is 3.18. The summed E-state index contributed by atoms with van der Waals surface area (Å²) >= 11 is 1.42. The quantitative estimate of drug-likeness (QED) is 0.394. The molecule has 3 atom stereocenters. The molecule has 33 heavy (non-hydrogen) atoms. The summed E-state index contributed by atoms with van der Waals surface area (Å²) in [6.07, 6.45) is -0.257. The van der Waals surface area contributed by atoms with Crippen LogP contribution in [0.5, 0.6) is 5.75 Å². The molecule has 3 N–H and O–H groups in total. The molecule has 3 aromatic rings. The van der Waals surface area contributed by atoms with Gasteiger partial charge in [-0.2, -0.15) is 0 Å². The van der Waals surface area contributed by atoms with Crippen molar-refractivity contribution in [3.8, 4) is 5.75 Å². The van der Waals surface area contributed by atoms with Gasteiger partial charge in [-0.3, -0.25) is 0 Å². The zero-order valence-electron chi connectivity index (χ0n) is 18.8. The van der Waals surface area contributed by atoms with Gasteiger partial charge in [0.2, 0.25) is 0 Å². The van der Waals surface area contributed by atoms with E-state index in [2.05, 4.69) is 9.97 Å². The SMILES string of the molecule is B[PH]1(O)OC[C@H](OC)[C@H](n2c(Sc3ccc(OC)cc3)nc3c(N)ncnc32)O[C@@H](C)CO1. The van der Waals surface area contributed by atoms with Crippen LogP contribution < -0.4 is 10.5 Å². The number of fused-ring (bicyclic) bond motifs is 1. The molecule has 1 aromatic carbocycles. The Kier molecular flexibility index (Phi) is 7.39. The van der Waals surface area contributed by atoms with E-state index in [9.17, 15) is 4.89 Å². The van der Waals surface area contributed by atoms with Gasteiger partial charge in [-0.1, -0.05) is 0 Å². The molecule has 1 aliphatic rings. The monoisotopic (exact) mass is 495 g/mol. The summed E-state index contributed by atoms with van der Waals surface area (Å²) in [5, 5.41) is 0.589. The van der Waals surface area contributed by atoms with Crippen LogP contribution in [0.25, 0.3) is 11.2 Å². The van der Waals surface area contributed by atoms with Crippen LogP contribution >= 0.6 is 19.6 Å². The van der Waals surface area contributed by atoms with Gasteiger partial charge in [-0.15, -0.1) is 0 Å². The topological polar surface area (TPSA) is 136 Å². The summed E-state index contributed by atoms with van der Waals surface area (Å²) in [6, 6.07) is 7.61. The van der Waals surface area contributed by atoms with Crippen molar-refractivity contribution in [3.63, 3.8) is 0 Å². The third kappa shape index (κ3) is 5.41. The molecular formula is C19H27BN5O6PS.